The molecule has 17 heavy (non-hydrogen) atoms. The smallest absolute Gasteiger partial charge is 0.293 e. The van der Waals surface area contributed by atoms with Crippen molar-refractivity contribution in [1.82, 2.24) is 9.97 Å². The van der Waals surface area contributed by atoms with Crippen molar-refractivity contribution < 1.29 is 0 Å². The van der Waals surface area contributed by atoms with E-state index in [1.807, 2.05) is 38.1 Å². The van der Waals surface area contributed by atoms with Gasteiger partial charge < -0.3 is 4.98 Å². The normalized spacial score (nSPS) is 11.8. The molecule has 0 saturated heterocycles. The molecule has 0 amide bonds. The van der Waals surface area contributed by atoms with Gasteiger partial charge in [-0.05, 0) is 25.5 Å². The van der Waals surface area contributed by atoms with E-state index in [2.05, 4.69) is 20.5 Å². The van der Waals surface area contributed by atoms with Crippen molar-refractivity contribution in [2.75, 3.05) is 5.43 Å². The molecule has 0 saturated carbocycles. The fourth-order valence-corrected chi connectivity index (χ4v) is 1.33. The maximum Gasteiger partial charge on any atom is 0.293 e. The first-order valence-corrected chi connectivity index (χ1v) is 5.49. The number of nitrogens with zero attached hydrogens (tertiary/aromatic N) is 2. The number of nitrogens with one attached hydrogen (secondary N) is 2. The van der Waals surface area contributed by atoms with Crippen LogP contribution in [0.2, 0.25) is 0 Å². The first-order chi connectivity index (χ1) is 8.20. The van der Waals surface area contributed by atoms with Crippen molar-refractivity contribution in [2.24, 2.45) is 5.10 Å². The lowest BCUT2D eigenvalue weighted by molar-refractivity contribution is 1.14. The summed E-state index contributed by atoms with van der Waals surface area (Å²) in [6.07, 6.45) is 0.832. The summed E-state index contributed by atoms with van der Waals surface area (Å²) in [6, 6.07) is 7.38. The molecular weight excluding hydrogens is 216 g/mol. The topological polar surface area (TPSA) is 70.1 Å². The Kier molecular flexibility index (Phi) is 3.18. The van der Waals surface area contributed by atoms with E-state index in [1.54, 1.807) is 0 Å². The number of aromatic amines is 1. The summed E-state index contributed by atoms with van der Waals surface area (Å²) in [4.78, 5) is 18.7. The molecule has 2 N–H and O–H groups in total. The third-order valence-corrected chi connectivity index (χ3v) is 2.46. The van der Waals surface area contributed by atoms with Gasteiger partial charge in [-0.15, -0.1) is 0 Å². The number of para-hydroxylation sites is 2. The van der Waals surface area contributed by atoms with Crippen LogP contribution in [0.3, 0.4) is 0 Å². The molecule has 2 aromatic rings. The predicted octanol–water partition coefficient (Wildman–Crippen LogP) is 2.12. The quantitative estimate of drug-likeness (QED) is 0.626. The number of rotatable bonds is 3. The van der Waals surface area contributed by atoms with Gasteiger partial charge in [-0.2, -0.15) is 5.10 Å². The highest BCUT2D eigenvalue weighted by Gasteiger charge is 2.02. The van der Waals surface area contributed by atoms with Crippen LogP contribution in [0.1, 0.15) is 20.3 Å². The third kappa shape index (κ3) is 2.50. The van der Waals surface area contributed by atoms with Gasteiger partial charge in [-0.1, -0.05) is 19.1 Å². The minimum absolute atomic E-state index is 0.219. The number of hydrogen-bond donors (Lipinski definition) is 2. The monoisotopic (exact) mass is 230 g/mol. The van der Waals surface area contributed by atoms with E-state index < -0.39 is 0 Å². The molecular formula is C12H14N4O. The lowest BCUT2D eigenvalue weighted by Crippen LogP contribution is -2.14. The third-order valence-electron chi connectivity index (χ3n) is 2.46. The highest BCUT2D eigenvalue weighted by molar-refractivity contribution is 5.82. The standard InChI is InChI=1S/C12H14N4O/c1-3-8(2)15-16-11-12(17)14-10-7-5-4-6-9(10)13-11/h4-7H,3H2,1-2H3,(H,13,16)(H,14,17)/b15-8-. The van der Waals surface area contributed by atoms with Crippen LogP contribution >= 0.6 is 0 Å². The van der Waals surface area contributed by atoms with Crippen LogP contribution in [0.25, 0.3) is 11.0 Å². The van der Waals surface area contributed by atoms with Gasteiger partial charge in [0, 0.05) is 5.71 Å². The van der Waals surface area contributed by atoms with Crippen LogP contribution in [0.15, 0.2) is 34.2 Å². The molecule has 0 spiro atoms. The van der Waals surface area contributed by atoms with Crippen molar-refractivity contribution in [3.8, 4) is 0 Å². The van der Waals surface area contributed by atoms with Crippen LogP contribution < -0.4 is 11.0 Å². The van der Waals surface area contributed by atoms with Crippen molar-refractivity contribution >= 4 is 22.6 Å². The number of hydrazone groups is 1. The van der Waals surface area contributed by atoms with Crippen LogP contribution in [0.5, 0.6) is 0 Å². The maximum atomic E-state index is 11.7. The molecule has 0 fully saturated rings. The average molecular weight is 230 g/mol. The largest absolute Gasteiger partial charge is 0.317 e. The van der Waals surface area contributed by atoms with Crippen molar-refractivity contribution in [2.45, 2.75) is 20.3 Å². The first-order valence-electron chi connectivity index (χ1n) is 5.49. The molecule has 2 rings (SSSR count). The Hall–Kier alpha value is -2.17. The molecule has 5 heteroatoms. The average Bonchev–Trinajstić information content (AvgIpc) is 2.35. The number of aromatic nitrogens is 2. The molecule has 0 aliphatic carbocycles. The fourth-order valence-electron chi connectivity index (χ4n) is 1.33. The zero-order valence-corrected chi connectivity index (χ0v) is 9.82. The predicted molar refractivity (Wildman–Crippen MR) is 69.4 cm³/mol. The van der Waals surface area contributed by atoms with Gasteiger partial charge in [-0.25, -0.2) is 4.98 Å². The summed E-state index contributed by atoms with van der Waals surface area (Å²) in [7, 11) is 0. The second-order valence-corrected chi connectivity index (χ2v) is 3.74. The van der Waals surface area contributed by atoms with Crippen LogP contribution in [0.4, 0.5) is 5.82 Å². The number of H-pyrrole nitrogens is 1. The molecule has 0 aliphatic heterocycles. The van der Waals surface area contributed by atoms with Gasteiger partial charge >= 0.3 is 0 Å². The Morgan fingerprint density at radius 2 is 2.24 bits per heavy atom. The van der Waals surface area contributed by atoms with E-state index in [0.29, 0.717) is 0 Å². The number of fused-ring (bicyclic) bond motifs is 1. The lowest BCUT2D eigenvalue weighted by atomic mass is 10.3. The van der Waals surface area contributed by atoms with Gasteiger partial charge in [0.15, 0.2) is 0 Å². The van der Waals surface area contributed by atoms with Crippen molar-refractivity contribution in [3.05, 3.63) is 34.6 Å². The minimum Gasteiger partial charge on any atom is -0.317 e. The molecule has 1 aromatic carbocycles. The zero-order chi connectivity index (χ0) is 12.3. The molecule has 5 nitrogen and oxygen atoms in total. The highest BCUT2D eigenvalue weighted by atomic mass is 16.1. The van der Waals surface area contributed by atoms with E-state index in [9.17, 15) is 4.79 Å². The van der Waals surface area contributed by atoms with Crippen LogP contribution in [-0.4, -0.2) is 15.7 Å². The second kappa shape index (κ2) is 4.78. The summed E-state index contributed by atoms with van der Waals surface area (Å²) in [5.74, 6) is 0.219. The van der Waals surface area contributed by atoms with Gasteiger partial charge in [-0.3, -0.25) is 10.2 Å². The van der Waals surface area contributed by atoms with Gasteiger partial charge in [0.25, 0.3) is 5.56 Å². The molecule has 0 radical (unpaired) electrons. The summed E-state index contributed by atoms with van der Waals surface area (Å²) in [5.41, 5.74) is 4.79. The Bertz CT molecular complexity index is 615. The van der Waals surface area contributed by atoms with Crippen molar-refractivity contribution in [3.63, 3.8) is 0 Å². The molecule has 1 heterocycles. The number of anilines is 1. The van der Waals surface area contributed by atoms with E-state index in [0.717, 1.165) is 23.2 Å². The number of benzene rings is 1. The summed E-state index contributed by atoms with van der Waals surface area (Å²) >= 11 is 0. The molecule has 0 unspecified atom stereocenters. The van der Waals surface area contributed by atoms with Crippen LogP contribution in [-0.2, 0) is 0 Å². The fraction of sp³-hybridized carbons (Fsp3) is 0.250. The van der Waals surface area contributed by atoms with E-state index in [4.69, 9.17) is 0 Å². The highest BCUT2D eigenvalue weighted by Crippen LogP contribution is 2.07. The SMILES string of the molecule is CC/C(C)=N\Nc1nc2ccccc2[nH]c1=O. The Morgan fingerprint density at radius 1 is 1.47 bits per heavy atom. The van der Waals surface area contributed by atoms with Gasteiger partial charge in [0.1, 0.15) is 0 Å². The summed E-state index contributed by atoms with van der Waals surface area (Å²) < 4.78 is 0. The molecule has 0 atom stereocenters. The Morgan fingerprint density at radius 3 is 3.00 bits per heavy atom. The Balaban J connectivity index is 2.41. The summed E-state index contributed by atoms with van der Waals surface area (Å²) in [5, 5.41) is 4.06. The van der Waals surface area contributed by atoms with E-state index in [1.165, 1.54) is 0 Å². The van der Waals surface area contributed by atoms with Gasteiger partial charge in [0.05, 0.1) is 11.0 Å². The van der Waals surface area contributed by atoms with Crippen LogP contribution in [0, 0.1) is 0 Å². The number of hydrogen-bond acceptors (Lipinski definition) is 4. The molecule has 0 aliphatic rings. The maximum absolute atomic E-state index is 11.7. The Labute approximate surface area is 98.6 Å². The van der Waals surface area contributed by atoms with E-state index >= 15 is 0 Å². The summed E-state index contributed by atoms with van der Waals surface area (Å²) in [6.45, 7) is 3.89. The van der Waals surface area contributed by atoms with Crippen molar-refractivity contribution in [1.29, 1.82) is 0 Å². The molecule has 0 bridgehead atoms. The molecule has 88 valence electrons. The first kappa shape index (κ1) is 11.3. The second-order valence-electron chi connectivity index (χ2n) is 3.74. The van der Waals surface area contributed by atoms with E-state index in [-0.39, 0.29) is 11.4 Å². The molecule has 1 aromatic heterocycles. The lowest BCUT2D eigenvalue weighted by Gasteiger charge is -2.02. The van der Waals surface area contributed by atoms with Gasteiger partial charge in [0.2, 0.25) is 5.82 Å². The zero-order valence-electron chi connectivity index (χ0n) is 9.82. The minimum atomic E-state index is -0.267.